The Bertz CT molecular complexity index is 455. The lowest BCUT2D eigenvalue weighted by Crippen LogP contribution is -2.27. The molecular weight excluding hydrogens is 306 g/mol. The molecule has 1 unspecified atom stereocenters. The number of hydrogen-bond donors (Lipinski definition) is 0. The number of methoxy groups -OCH3 is 1. The van der Waals surface area contributed by atoms with Gasteiger partial charge in [-0.3, -0.25) is 4.90 Å². The molecule has 0 bridgehead atoms. The molecule has 0 amide bonds. The van der Waals surface area contributed by atoms with Gasteiger partial charge in [0.25, 0.3) is 0 Å². The highest BCUT2D eigenvalue weighted by Gasteiger charge is 2.40. The molecule has 0 N–H and O–H groups in total. The lowest BCUT2D eigenvalue weighted by Gasteiger charge is -2.24. The molecule has 0 aromatic carbocycles. The SMILES string of the molecule is COC1(c2noc(C(C)N3CSCCSC3)n2)CCCC1. The molecule has 7 heteroatoms. The van der Waals surface area contributed by atoms with Crippen LogP contribution in [0.3, 0.4) is 0 Å². The van der Waals surface area contributed by atoms with E-state index in [1.807, 2.05) is 23.5 Å². The van der Waals surface area contributed by atoms with Gasteiger partial charge in [-0.05, 0) is 32.6 Å². The van der Waals surface area contributed by atoms with E-state index in [1.165, 1.54) is 24.3 Å². The average molecular weight is 329 g/mol. The van der Waals surface area contributed by atoms with Crippen LogP contribution in [0, 0.1) is 0 Å². The molecule has 1 aromatic heterocycles. The first kappa shape index (κ1) is 15.6. The van der Waals surface area contributed by atoms with E-state index in [-0.39, 0.29) is 11.6 Å². The van der Waals surface area contributed by atoms with Crippen LogP contribution in [0.25, 0.3) is 0 Å². The van der Waals surface area contributed by atoms with Crippen molar-refractivity contribution in [3.05, 3.63) is 11.7 Å². The number of nitrogens with zero attached hydrogens (tertiary/aromatic N) is 3. The first-order chi connectivity index (χ1) is 10.2. The van der Waals surface area contributed by atoms with E-state index in [0.29, 0.717) is 0 Å². The molecule has 21 heavy (non-hydrogen) atoms. The number of hydrogen-bond acceptors (Lipinski definition) is 7. The van der Waals surface area contributed by atoms with Gasteiger partial charge in [-0.1, -0.05) is 5.16 Å². The Morgan fingerprint density at radius 1 is 1.24 bits per heavy atom. The second-order valence-electron chi connectivity index (χ2n) is 5.70. The number of rotatable bonds is 4. The molecule has 1 aromatic rings. The average Bonchev–Trinajstić information content (AvgIpc) is 3.10. The molecule has 1 saturated carbocycles. The Morgan fingerprint density at radius 3 is 2.52 bits per heavy atom. The minimum Gasteiger partial charge on any atom is -0.370 e. The zero-order chi connectivity index (χ0) is 14.7. The maximum atomic E-state index is 5.74. The summed E-state index contributed by atoms with van der Waals surface area (Å²) in [5.74, 6) is 5.95. The van der Waals surface area contributed by atoms with E-state index < -0.39 is 0 Å². The Kier molecular flexibility index (Phi) is 5.14. The molecule has 1 saturated heterocycles. The van der Waals surface area contributed by atoms with Gasteiger partial charge in [-0.2, -0.15) is 4.98 Å². The molecule has 2 aliphatic rings. The molecule has 0 spiro atoms. The Morgan fingerprint density at radius 2 is 1.90 bits per heavy atom. The predicted octanol–water partition coefficient (Wildman–Crippen LogP) is 3.24. The van der Waals surface area contributed by atoms with Gasteiger partial charge < -0.3 is 9.26 Å². The van der Waals surface area contributed by atoms with Crippen molar-refractivity contribution in [2.24, 2.45) is 0 Å². The van der Waals surface area contributed by atoms with E-state index in [9.17, 15) is 0 Å². The van der Waals surface area contributed by atoms with E-state index in [4.69, 9.17) is 9.26 Å². The van der Waals surface area contributed by atoms with E-state index >= 15 is 0 Å². The highest BCUT2D eigenvalue weighted by molar-refractivity contribution is 8.03. The van der Waals surface area contributed by atoms with Crippen LogP contribution in [0.15, 0.2) is 4.52 Å². The van der Waals surface area contributed by atoms with Gasteiger partial charge in [0.05, 0.1) is 6.04 Å². The van der Waals surface area contributed by atoms with Gasteiger partial charge in [0.15, 0.2) is 0 Å². The fraction of sp³-hybridized carbons (Fsp3) is 0.857. The van der Waals surface area contributed by atoms with Gasteiger partial charge in [-0.25, -0.2) is 0 Å². The van der Waals surface area contributed by atoms with Crippen molar-refractivity contribution in [2.45, 2.75) is 44.2 Å². The lowest BCUT2D eigenvalue weighted by molar-refractivity contribution is -0.0178. The highest BCUT2D eigenvalue weighted by Crippen LogP contribution is 2.40. The third-order valence-electron chi connectivity index (χ3n) is 4.44. The molecule has 5 nitrogen and oxygen atoms in total. The topological polar surface area (TPSA) is 51.4 Å². The van der Waals surface area contributed by atoms with Crippen molar-refractivity contribution in [3.63, 3.8) is 0 Å². The van der Waals surface area contributed by atoms with Gasteiger partial charge in [0, 0.05) is 30.4 Å². The van der Waals surface area contributed by atoms with Crippen molar-refractivity contribution >= 4 is 23.5 Å². The summed E-state index contributed by atoms with van der Waals surface area (Å²) in [6.07, 6.45) is 4.33. The number of ether oxygens (including phenoxy) is 1. The zero-order valence-corrected chi connectivity index (χ0v) is 14.3. The minimum atomic E-state index is -0.316. The molecule has 2 fully saturated rings. The summed E-state index contributed by atoms with van der Waals surface area (Å²) >= 11 is 3.95. The molecule has 3 rings (SSSR count). The van der Waals surface area contributed by atoms with E-state index in [1.54, 1.807) is 7.11 Å². The molecule has 2 heterocycles. The molecule has 1 atom stereocenters. The monoisotopic (exact) mass is 329 g/mol. The van der Waals surface area contributed by atoms with Crippen LogP contribution in [-0.4, -0.2) is 45.4 Å². The third kappa shape index (κ3) is 3.25. The maximum Gasteiger partial charge on any atom is 0.243 e. The van der Waals surface area contributed by atoms with Gasteiger partial charge >= 0.3 is 0 Å². The van der Waals surface area contributed by atoms with Crippen LogP contribution in [0.2, 0.25) is 0 Å². The standard InChI is InChI=1S/C14H23N3O2S2/c1-11(17-9-20-7-8-21-10-17)12-15-13(16-19-12)14(18-2)5-3-4-6-14/h11H,3-10H2,1-2H3. The number of thioether (sulfide) groups is 2. The normalized spacial score (nSPS) is 24.9. The van der Waals surface area contributed by atoms with Crippen LogP contribution in [0.4, 0.5) is 0 Å². The van der Waals surface area contributed by atoms with Crippen molar-refractivity contribution in [3.8, 4) is 0 Å². The zero-order valence-electron chi connectivity index (χ0n) is 12.7. The lowest BCUT2D eigenvalue weighted by atomic mass is 10.0. The fourth-order valence-corrected chi connectivity index (χ4v) is 5.37. The van der Waals surface area contributed by atoms with Crippen LogP contribution in [0.1, 0.15) is 50.4 Å². The van der Waals surface area contributed by atoms with Crippen LogP contribution >= 0.6 is 23.5 Å². The summed E-state index contributed by atoms with van der Waals surface area (Å²) < 4.78 is 11.3. The largest absolute Gasteiger partial charge is 0.370 e. The molecule has 0 radical (unpaired) electrons. The smallest absolute Gasteiger partial charge is 0.243 e. The van der Waals surface area contributed by atoms with E-state index in [0.717, 1.165) is 36.3 Å². The van der Waals surface area contributed by atoms with Gasteiger partial charge in [-0.15, -0.1) is 23.5 Å². The summed E-state index contributed by atoms with van der Waals surface area (Å²) in [6.45, 7) is 2.15. The quantitative estimate of drug-likeness (QED) is 0.840. The first-order valence-corrected chi connectivity index (χ1v) is 9.85. The summed E-state index contributed by atoms with van der Waals surface area (Å²) in [6, 6.07) is 0.166. The summed E-state index contributed by atoms with van der Waals surface area (Å²) in [4.78, 5) is 7.07. The molecule has 118 valence electrons. The number of aromatic nitrogens is 2. The fourth-order valence-electron chi connectivity index (χ4n) is 2.95. The van der Waals surface area contributed by atoms with Gasteiger partial charge in [0.1, 0.15) is 5.60 Å². The molecular formula is C14H23N3O2S2. The third-order valence-corrected chi connectivity index (χ3v) is 6.72. The van der Waals surface area contributed by atoms with Crippen molar-refractivity contribution in [1.29, 1.82) is 0 Å². The van der Waals surface area contributed by atoms with Crippen LogP contribution < -0.4 is 0 Å². The second kappa shape index (κ2) is 6.89. The second-order valence-corrected chi connectivity index (χ2v) is 7.85. The summed E-state index contributed by atoms with van der Waals surface area (Å²) in [7, 11) is 1.76. The van der Waals surface area contributed by atoms with Gasteiger partial charge in [0.2, 0.25) is 11.7 Å². The minimum absolute atomic E-state index is 0.166. The predicted molar refractivity (Wildman–Crippen MR) is 86.4 cm³/mol. The summed E-state index contributed by atoms with van der Waals surface area (Å²) in [5.41, 5.74) is -0.316. The van der Waals surface area contributed by atoms with Crippen LogP contribution in [-0.2, 0) is 10.3 Å². The van der Waals surface area contributed by atoms with Crippen molar-refractivity contribution < 1.29 is 9.26 Å². The van der Waals surface area contributed by atoms with E-state index in [2.05, 4.69) is 22.0 Å². The molecule has 1 aliphatic carbocycles. The Labute approximate surface area is 134 Å². The van der Waals surface area contributed by atoms with Crippen molar-refractivity contribution in [1.82, 2.24) is 15.0 Å². The molecule has 1 aliphatic heterocycles. The Balaban J connectivity index is 1.74. The van der Waals surface area contributed by atoms with Crippen molar-refractivity contribution in [2.75, 3.05) is 30.4 Å². The Hall–Kier alpha value is -0.240. The maximum absolute atomic E-state index is 5.74. The summed E-state index contributed by atoms with van der Waals surface area (Å²) in [5, 5.41) is 4.23. The van der Waals surface area contributed by atoms with Crippen LogP contribution in [0.5, 0.6) is 0 Å². The first-order valence-electron chi connectivity index (χ1n) is 7.54. The highest BCUT2D eigenvalue weighted by atomic mass is 32.2.